The number of para-hydroxylation sites is 2. The number of nitrogens with zero attached hydrogens (tertiary/aromatic N) is 1. The third-order valence-electron chi connectivity index (χ3n) is 12.1. The van der Waals surface area contributed by atoms with Crippen molar-refractivity contribution in [3.8, 4) is 44.5 Å². The first-order valence-corrected chi connectivity index (χ1v) is 20.7. The second kappa shape index (κ2) is 14.3. The van der Waals surface area contributed by atoms with Crippen LogP contribution >= 0.6 is 0 Å². The van der Waals surface area contributed by atoms with Gasteiger partial charge in [-0.1, -0.05) is 164 Å². The summed E-state index contributed by atoms with van der Waals surface area (Å²) in [6, 6.07) is 79.9. The molecule has 61 heavy (non-hydrogen) atoms. The molecule has 0 saturated heterocycles. The van der Waals surface area contributed by atoms with Crippen LogP contribution in [0.5, 0.6) is 0 Å². The first kappa shape index (κ1) is 34.9. The molecule has 0 unspecified atom stereocenters. The molecule has 0 radical (unpaired) electrons. The van der Waals surface area contributed by atoms with Crippen LogP contribution in [-0.2, 0) is 0 Å². The summed E-state index contributed by atoms with van der Waals surface area (Å²) in [4.78, 5) is 2.35. The minimum atomic E-state index is 0.882. The molecule has 12 aromatic rings. The maximum atomic E-state index is 6.60. The van der Waals surface area contributed by atoms with Crippen molar-refractivity contribution in [2.75, 3.05) is 4.90 Å². The van der Waals surface area contributed by atoms with Crippen LogP contribution in [0.25, 0.3) is 99.2 Å². The molecule has 0 aliphatic rings. The highest BCUT2D eigenvalue weighted by Crippen LogP contribution is 2.43. The fourth-order valence-electron chi connectivity index (χ4n) is 9.13. The van der Waals surface area contributed by atoms with Crippen molar-refractivity contribution in [3.63, 3.8) is 0 Å². The molecule has 0 saturated carbocycles. The Balaban J connectivity index is 0.977. The number of hydrogen-bond acceptors (Lipinski definition) is 3. The molecule has 3 nitrogen and oxygen atoms in total. The van der Waals surface area contributed by atoms with Crippen molar-refractivity contribution in [2.45, 2.75) is 0 Å². The Labute approximate surface area is 353 Å². The van der Waals surface area contributed by atoms with E-state index in [1.54, 1.807) is 0 Å². The zero-order valence-corrected chi connectivity index (χ0v) is 33.1. The molecule has 2 heterocycles. The van der Waals surface area contributed by atoms with Gasteiger partial charge < -0.3 is 13.7 Å². The molecular weight excluding hydrogens is 743 g/mol. The van der Waals surface area contributed by atoms with Crippen molar-refractivity contribution in [1.82, 2.24) is 0 Å². The van der Waals surface area contributed by atoms with Crippen molar-refractivity contribution >= 4 is 71.7 Å². The van der Waals surface area contributed by atoms with Crippen LogP contribution in [0.3, 0.4) is 0 Å². The van der Waals surface area contributed by atoms with Gasteiger partial charge in [-0.3, -0.25) is 0 Å². The van der Waals surface area contributed by atoms with Gasteiger partial charge in [-0.05, 0) is 105 Å². The fraction of sp³-hybridized carbons (Fsp3) is 0. The highest BCUT2D eigenvalue weighted by atomic mass is 16.3. The SMILES string of the molecule is c1ccc(-c2cccc(-c3ccc(N(c4ccc(-c5cccc6c5oc5ccccc56)cc4)c4cccc(-c5cccc6oc7c8ccccc8ccc7c56)c4)cc3)c2)cc1. The normalized spacial score (nSPS) is 11.6. The van der Waals surface area contributed by atoms with Gasteiger partial charge in [0, 0.05) is 49.6 Å². The quantitative estimate of drug-likeness (QED) is 0.161. The third kappa shape index (κ3) is 5.98. The summed E-state index contributed by atoms with van der Waals surface area (Å²) in [5.41, 5.74) is 15.9. The Kier molecular flexibility index (Phi) is 8.17. The van der Waals surface area contributed by atoms with Gasteiger partial charge >= 0.3 is 0 Å². The fourth-order valence-corrected chi connectivity index (χ4v) is 9.13. The second-order valence-corrected chi connectivity index (χ2v) is 15.7. The van der Waals surface area contributed by atoms with E-state index in [9.17, 15) is 0 Å². The summed E-state index contributed by atoms with van der Waals surface area (Å²) in [5.74, 6) is 0. The Morgan fingerprint density at radius 1 is 0.279 bits per heavy atom. The molecule has 3 heteroatoms. The molecule has 0 spiro atoms. The number of hydrogen-bond donors (Lipinski definition) is 0. The average molecular weight is 780 g/mol. The summed E-state index contributed by atoms with van der Waals surface area (Å²) >= 11 is 0. The molecule has 0 amide bonds. The molecule has 10 aromatic carbocycles. The lowest BCUT2D eigenvalue weighted by Crippen LogP contribution is -2.10. The van der Waals surface area contributed by atoms with E-state index in [0.29, 0.717) is 0 Å². The molecular formula is C58H37NO2. The van der Waals surface area contributed by atoms with Gasteiger partial charge in [0.25, 0.3) is 0 Å². The Morgan fingerprint density at radius 2 is 0.852 bits per heavy atom. The lowest BCUT2D eigenvalue weighted by molar-refractivity contribution is 0.670. The number of benzene rings is 10. The van der Waals surface area contributed by atoms with Gasteiger partial charge in [-0.2, -0.15) is 0 Å². The Bertz CT molecular complexity index is 3580. The van der Waals surface area contributed by atoms with Crippen molar-refractivity contribution < 1.29 is 8.83 Å². The second-order valence-electron chi connectivity index (χ2n) is 15.7. The first-order chi connectivity index (χ1) is 30.2. The van der Waals surface area contributed by atoms with Gasteiger partial charge in [0.05, 0.1) is 0 Å². The van der Waals surface area contributed by atoms with Crippen molar-refractivity contribution in [1.29, 1.82) is 0 Å². The van der Waals surface area contributed by atoms with E-state index in [4.69, 9.17) is 8.83 Å². The number of furan rings is 2. The van der Waals surface area contributed by atoms with E-state index in [-0.39, 0.29) is 0 Å². The summed E-state index contributed by atoms with van der Waals surface area (Å²) in [7, 11) is 0. The van der Waals surface area contributed by atoms with Crippen molar-refractivity contribution in [3.05, 3.63) is 224 Å². The first-order valence-electron chi connectivity index (χ1n) is 20.7. The molecule has 0 aliphatic carbocycles. The molecule has 0 fully saturated rings. The minimum absolute atomic E-state index is 0.882. The Hall–Kier alpha value is -8.14. The van der Waals surface area contributed by atoms with Crippen LogP contribution in [0.2, 0.25) is 0 Å². The molecule has 286 valence electrons. The number of rotatable bonds is 7. The molecule has 12 rings (SSSR count). The van der Waals surface area contributed by atoms with Crippen LogP contribution in [0.4, 0.5) is 17.1 Å². The topological polar surface area (TPSA) is 29.5 Å². The molecule has 0 bridgehead atoms. The minimum Gasteiger partial charge on any atom is -0.455 e. The predicted molar refractivity (Wildman–Crippen MR) is 255 cm³/mol. The van der Waals surface area contributed by atoms with Gasteiger partial charge in [-0.15, -0.1) is 0 Å². The number of anilines is 3. The van der Waals surface area contributed by atoms with E-state index >= 15 is 0 Å². The zero-order valence-electron chi connectivity index (χ0n) is 33.1. The van der Waals surface area contributed by atoms with Crippen LogP contribution in [-0.4, -0.2) is 0 Å². The predicted octanol–water partition coefficient (Wildman–Crippen LogP) is 16.8. The van der Waals surface area contributed by atoms with Crippen LogP contribution in [0.15, 0.2) is 233 Å². The summed E-state index contributed by atoms with van der Waals surface area (Å²) in [5, 5.41) is 6.79. The van der Waals surface area contributed by atoms with Gasteiger partial charge in [0.2, 0.25) is 0 Å². The van der Waals surface area contributed by atoms with E-state index in [0.717, 1.165) is 94.1 Å². The van der Waals surface area contributed by atoms with E-state index in [1.807, 2.05) is 12.1 Å². The maximum absolute atomic E-state index is 6.60. The smallest absolute Gasteiger partial charge is 0.143 e. The lowest BCUT2D eigenvalue weighted by atomic mass is 9.97. The van der Waals surface area contributed by atoms with Crippen LogP contribution in [0, 0.1) is 0 Å². The maximum Gasteiger partial charge on any atom is 0.143 e. The highest BCUT2D eigenvalue weighted by Gasteiger charge is 2.19. The van der Waals surface area contributed by atoms with E-state index < -0.39 is 0 Å². The molecule has 0 N–H and O–H groups in total. The van der Waals surface area contributed by atoms with E-state index in [2.05, 4.69) is 217 Å². The van der Waals surface area contributed by atoms with Gasteiger partial charge in [0.15, 0.2) is 0 Å². The van der Waals surface area contributed by atoms with Crippen LogP contribution in [0.1, 0.15) is 0 Å². The molecule has 0 aliphatic heterocycles. The van der Waals surface area contributed by atoms with E-state index in [1.165, 1.54) is 22.1 Å². The molecule has 0 atom stereocenters. The summed E-state index contributed by atoms with van der Waals surface area (Å²) in [6.45, 7) is 0. The highest BCUT2D eigenvalue weighted by molar-refractivity contribution is 6.19. The standard InChI is InChI=1S/C58H37NO2/c1-2-12-38(13-3-1)42-15-8-16-43(36-42)39-26-31-45(32-27-39)59(46-33-28-41(29-34-46)50-22-10-23-52-51-20-6-7-24-54(51)60-57(50)52)47-18-9-17-44(37-47)48-21-11-25-55-56(48)53-35-30-40-14-4-5-19-49(40)58(53)61-55/h1-37H. The molecule has 2 aromatic heterocycles. The third-order valence-corrected chi connectivity index (χ3v) is 12.1. The van der Waals surface area contributed by atoms with Crippen LogP contribution < -0.4 is 4.90 Å². The van der Waals surface area contributed by atoms with Crippen molar-refractivity contribution in [2.24, 2.45) is 0 Å². The average Bonchev–Trinajstić information content (AvgIpc) is 3.92. The Morgan fingerprint density at radius 3 is 1.67 bits per heavy atom. The largest absolute Gasteiger partial charge is 0.455 e. The van der Waals surface area contributed by atoms with Gasteiger partial charge in [-0.25, -0.2) is 0 Å². The number of fused-ring (bicyclic) bond motifs is 8. The summed E-state index contributed by atoms with van der Waals surface area (Å²) in [6.07, 6.45) is 0. The summed E-state index contributed by atoms with van der Waals surface area (Å²) < 4.78 is 13.0. The monoisotopic (exact) mass is 779 g/mol. The zero-order chi connectivity index (χ0) is 40.3. The van der Waals surface area contributed by atoms with Gasteiger partial charge in [0.1, 0.15) is 22.3 Å². The lowest BCUT2D eigenvalue weighted by Gasteiger charge is -2.26.